The van der Waals surface area contributed by atoms with Crippen molar-refractivity contribution >= 4 is 23.7 Å². The van der Waals surface area contributed by atoms with E-state index < -0.39 is 0 Å². The minimum atomic E-state index is -0.325. The molecule has 2 aromatic rings. The van der Waals surface area contributed by atoms with E-state index in [4.69, 9.17) is 14.2 Å². The molecule has 1 aromatic carbocycles. The first-order valence-corrected chi connectivity index (χ1v) is 10.9. The van der Waals surface area contributed by atoms with Crippen LogP contribution in [0.4, 0.5) is 4.79 Å². The van der Waals surface area contributed by atoms with E-state index in [1.165, 1.54) is 4.90 Å². The van der Waals surface area contributed by atoms with Crippen LogP contribution < -0.4 is 14.8 Å². The van der Waals surface area contributed by atoms with Gasteiger partial charge in [-0.15, -0.1) is 10.2 Å². The van der Waals surface area contributed by atoms with Gasteiger partial charge in [-0.05, 0) is 31.0 Å². The first-order chi connectivity index (χ1) is 15.1. The molecular formula is C20H27N5O5S. The number of hydrogen-bond donors (Lipinski definition) is 1. The van der Waals surface area contributed by atoms with Crippen LogP contribution in [-0.4, -0.2) is 78.4 Å². The Morgan fingerprint density at radius 1 is 1.06 bits per heavy atom. The fraction of sp³-hybridized carbons (Fsp3) is 0.500. The Morgan fingerprint density at radius 2 is 1.87 bits per heavy atom. The lowest BCUT2D eigenvalue weighted by atomic mass is 10.2. The molecule has 31 heavy (non-hydrogen) atoms. The number of urea groups is 1. The van der Waals surface area contributed by atoms with Crippen LogP contribution >= 0.6 is 11.8 Å². The van der Waals surface area contributed by atoms with Crippen LogP contribution in [0.1, 0.15) is 12.8 Å². The molecule has 1 saturated heterocycles. The van der Waals surface area contributed by atoms with Gasteiger partial charge in [-0.1, -0.05) is 11.8 Å². The number of thioether (sulfide) groups is 1. The van der Waals surface area contributed by atoms with E-state index in [0.717, 1.165) is 23.0 Å². The summed E-state index contributed by atoms with van der Waals surface area (Å²) in [5.41, 5.74) is 0.869. The first-order valence-electron chi connectivity index (χ1n) is 9.94. The van der Waals surface area contributed by atoms with E-state index in [1.54, 1.807) is 33.1 Å². The molecule has 0 atom stereocenters. The molecule has 1 aliphatic heterocycles. The third-order valence-corrected chi connectivity index (χ3v) is 5.84. The van der Waals surface area contributed by atoms with Gasteiger partial charge in [-0.3, -0.25) is 9.69 Å². The van der Waals surface area contributed by atoms with Crippen LogP contribution in [-0.2, 0) is 16.1 Å². The summed E-state index contributed by atoms with van der Waals surface area (Å²) in [4.78, 5) is 24.6. The van der Waals surface area contributed by atoms with E-state index in [9.17, 15) is 9.59 Å². The van der Waals surface area contributed by atoms with Crippen LogP contribution in [0.5, 0.6) is 11.5 Å². The summed E-state index contributed by atoms with van der Waals surface area (Å²) in [7, 11) is 4.86. The second-order valence-corrected chi connectivity index (χ2v) is 7.84. The van der Waals surface area contributed by atoms with Crippen LogP contribution in [0, 0.1) is 0 Å². The van der Waals surface area contributed by atoms with E-state index >= 15 is 0 Å². The summed E-state index contributed by atoms with van der Waals surface area (Å²) in [6.45, 7) is 1.78. The van der Waals surface area contributed by atoms with Crippen molar-refractivity contribution in [1.82, 2.24) is 25.0 Å². The molecule has 1 fully saturated rings. The quantitative estimate of drug-likeness (QED) is 0.298. The minimum absolute atomic E-state index is 0.0779. The molecule has 0 spiro atoms. The van der Waals surface area contributed by atoms with Gasteiger partial charge in [0.25, 0.3) is 0 Å². The molecule has 0 aliphatic carbocycles. The maximum Gasteiger partial charge on any atom is 0.324 e. The number of nitrogens with zero attached hydrogens (tertiary/aromatic N) is 4. The van der Waals surface area contributed by atoms with E-state index in [0.29, 0.717) is 43.4 Å². The average molecular weight is 450 g/mol. The lowest BCUT2D eigenvalue weighted by Gasteiger charge is -2.13. The molecule has 0 saturated carbocycles. The second kappa shape index (κ2) is 11.0. The van der Waals surface area contributed by atoms with E-state index in [2.05, 4.69) is 20.1 Å². The number of benzene rings is 1. The van der Waals surface area contributed by atoms with Crippen molar-refractivity contribution in [2.45, 2.75) is 24.5 Å². The number of rotatable bonds is 12. The predicted octanol–water partition coefficient (Wildman–Crippen LogP) is 2.03. The Morgan fingerprint density at radius 3 is 2.55 bits per heavy atom. The largest absolute Gasteiger partial charge is 0.493 e. The van der Waals surface area contributed by atoms with Gasteiger partial charge in [0, 0.05) is 38.1 Å². The van der Waals surface area contributed by atoms with Crippen molar-refractivity contribution in [3.63, 3.8) is 0 Å². The van der Waals surface area contributed by atoms with Crippen LogP contribution in [0.15, 0.2) is 23.4 Å². The smallest absolute Gasteiger partial charge is 0.324 e. The Labute approximate surface area is 185 Å². The van der Waals surface area contributed by atoms with Gasteiger partial charge >= 0.3 is 6.03 Å². The second-order valence-electron chi connectivity index (χ2n) is 6.78. The number of imide groups is 1. The van der Waals surface area contributed by atoms with Gasteiger partial charge < -0.3 is 24.1 Å². The Kier molecular flexibility index (Phi) is 8.13. The summed E-state index contributed by atoms with van der Waals surface area (Å²) in [6, 6.07) is 5.31. The van der Waals surface area contributed by atoms with Crippen LogP contribution in [0.25, 0.3) is 11.4 Å². The van der Waals surface area contributed by atoms with Gasteiger partial charge in [0.05, 0.1) is 20.8 Å². The number of aromatic nitrogens is 3. The Hall–Kier alpha value is -2.79. The summed E-state index contributed by atoms with van der Waals surface area (Å²) in [5.74, 6) is 2.51. The highest BCUT2D eigenvalue weighted by atomic mass is 32.2. The molecule has 168 valence electrons. The zero-order valence-electron chi connectivity index (χ0n) is 17.9. The number of amides is 3. The highest BCUT2D eigenvalue weighted by molar-refractivity contribution is 7.99. The average Bonchev–Trinajstić information content (AvgIpc) is 3.33. The molecule has 1 aliphatic rings. The highest BCUT2D eigenvalue weighted by Gasteiger charge is 2.27. The van der Waals surface area contributed by atoms with Crippen LogP contribution in [0.3, 0.4) is 0 Å². The van der Waals surface area contributed by atoms with Crippen molar-refractivity contribution in [2.75, 3.05) is 46.8 Å². The number of methoxy groups -OCH3 is 3. The minimum Gasteiger partial charge on any atom is -0.493 e. The molecule has 0 unspecified atom stereocenters. The number of nitrogens with one attached hydrogen (secondary N) is 1. The van der Waals surface area contributed by atoms with Crippen molar-refractivity contribution in [1.29, 1.82) is 0 Å². The Bertz CT molecular complexity index is 903. The number of hydrogen-bond acceptors (Lipinski definition) is 8. The highest BCUT2D eigenvalue weighted by Crippen LogP contribution is 2.33. The number of carbonyl (C=O) groups is 2. The Balaban J connectivity index is 1.72. The molecule has 0 radical (unpaired) electrons. The summed E-state index contributed by atoms with van der Waals surface area (Å²) < 4.78 is 18.0. The lowest BCUT2D eigenvalue weighted by molar-refractivity contribution is -0.124. The third kappa shape index (κ3) is 5.47. The molecule has 0 bridgehead atoms. The zero-order valence-corrected chi connectivity index (χ0v) is 18.7. The monoisotopic (exact) mass is 449 g/mol. The third-order valence-electron chi connectivity index (χ3n) is 4.78. The van der Waals surface area contributed by atoms with Gasteiger partial charge in [-0.2, -0.15) is 0 Å². The number of carbonyl (C=O) groups excluding carboxylic acids is 2. The van der Waals surface area contributed by atoms with Crippen molar-refractivity contribution in [2.24, 2.45) is 0 Å². The summed E-state index contributed by atoms with van der Waals surface area (Å²) >= 11 is 1.55. The molecule has 10 nitrogen and oxygen atoms in total. The molecular weight excluding hydrogens is 422 g/mol. The fourth-order valence-corrected chi connectivity index (χ4v) is 4.11. The summed E-state index contributed by atoms with van der Waals surface area (Å²) in [5, 5.41) is 12.1. The van der Waals surface area contributed by atoms with Gasteiger partial charge in [0.15, 0.2) is 22.5 Å². The molecule has 2 heterocycles. The topological polar surface area (TPSA) is 108 Å². The zero-order chi connectivity index (χ0) is 22.2. The fourth-order valence-electron chi connectivity index (χ4n) is 3.22. The van der Waals surface area contributed by atoms with Crippen molar-refractivity contribution in [3.8, 4) is 22.9 Å². The molecule has 11 heteroatoms. The summed E-state index contributed by atoms with van der Waals surface area (Å²) in [6.07, 6.45) is 1.48. The van der Waals surface area contributed by atoms with Gasteiger partial charge in [-0.25, -0.2) is 4.79 Å². The van der Waals surface area contributed by atoms with Crippen LogP contribution in [0.2, 0.25) is 0 Å². The van der Waals surface area contributed by atoms with Gasteiger partial charge in [0.1, 0.15) is 0 Å². The van der Waals surface area contributed by atoms with Crippen molar-refractivity contribution in [3.05, 3.63) is 18.2 Å². The normalized spacial score (nSPS) is 13.6. The van der Waals surface area contributed by atoms with E-state index in [1.807, 2.05) is 18.2 Å². The lowest BCUT2D eigenvalue weighted by Crippen LogP contribution is -2.32. The molecule has 1 N–H and O–H groups in total. The SMILES string of the molecule is COCCCn1c(SCCCN2C(=O)CNC2=O)nnc1-c1ccc(OC)c(OC)c1. The molecule has 3 rings (SSSR count). The molecule has 1 aromatic heterocycles. The first kappa shape index (κ1) is 22.9. The maximum atomic E-state index is 11.7. The maximum absolute atomic E-state index is 11.7. The van der Waals surface area contributed by atoms with Crippen molar-refractivity contribution < 1.29 is 23.8 Å². The number of ether oxygens (including phenoxy) is 3. The molecule has 3 amide bonds. The predicted molar refractivity (Wildman–Crippen MR) is 116 cm³/mol. The van der Waals surface area contributed by atoms with Gasteiger partial charge in [0.2, 0.25) is 5.91 Å². The standard InChI is InChI=1S/C20H27N5O5S/c1-28-10-4-8-25-18(14-6-7-15(29-2)16(12-14)30-3)22-23-20(25)31-11-5-9-24-17(26)13-21-19(24)27/h6-7,12H,4-5,8-11,13H2,1-3H3,(H,21,27). The van der Waals surface area contributed by atoms with E-state index in [-0.39, 0.29) is 18.5 Å².